The van der Waals surface area contributed by atoms with E-state index >= 15 is 0 Å². The fourth-order valence-corrected chi connectivity index (χ4v) is 5.16. The molecule has 2 aromatic carbocycles. The summed E-state index contributed by atoms with van der Waals surface area (Å²) in [5, 5.41) is 9.89. The smallest absolute Gasteiger partial charge is 0.382 e. The van der Waals surface area contributed by atoms with Crippen LogP contribution in [0.15, 0.2) is 61.2 Å². The van der Waals surface area contributed by atoms with Crippen molar-refractivity contribution in [3.8, 4) is 0 Å². The molecule has 1 N–H and O–H groups in total. The summed E-state index contributed by atoms with van der Waals surface area (Å²) in [7, 11) is -3.15. The largest absolute Gasteiger partial charge is 0.416 e. The SMILES string of the molecule is C[C@H]([C@](O)(Cn1ccnc1)c1ccc(F)cc1F)S(=O)(=O)N(C)Cc1ccc(C(F)(F)F)cc1. The molecule has 34 heavy (non-hydrogen) atoms. The van der Waals surface area contributed by atoms with Crippen LogP contribution in [0.25, 0.3) is 0 Å². The van der Waals surface area contributed by atoms with Gasteiger partial charge in [0, 0.05) is 37.6 Å². The third-order valence-corrected chi connectivity index (χ3v) is 7.90. The Balaban J connectivity index is 1.94. The molecule has 6 nitrogen and oxygen atoms in total. The summed E-state index contributed by atoms with van der Waals surface area (Å²) in [6.07, 6.45) is -0.402. The van der Waals surface area contributed by atoms with E-state index in [1.807, 2.05) is 0 Å². The molecule has 0 amide bonds. The van der Waals surface area contributed by atoms with Gasteiger partial charge >= 0.3 is 6.18 Å². The fraction of sp³-hybridized carbons (Fsp3) is 0.318. The zero-order valence-corrected chi connectivity index (χ0v) is 19.0. The lowest BCUT2D eigenvalue weighted by Gasteiger charge is -2.36. The summed E-state index contributed by atoms with van der Waals surface area (Å²) < 4.78 is 95.4. The standard InChI is InChI=1S/C22H22F5N3O3S/c1-15(34(32,33)29(2)12-16-3-5-17(6-4-16)22(25,26)27)21(31,13-30-10-9-28-14-30)19-8-7-18(23)11-20(19)24/h3-11,14-15,31H,12-13H2,1-2H3/t15-,21-/m1/s1. The fourth-order valence-electron chi connectivity index (χ4n) is 3.59. The highest BCUT2D eigenvalue weighted by Gasteiger charge is 2.47. The van der Waals surface area contributed by atoms with Gasteiger partial charge in [-0.3, -0.25) is 0 Å². The second-order valence-corrected chi connectivity index (χ2v) is 10.3. The third kappa shape index (κ3) is 5.29. The average Bonchev–Trinajstić information content (AvgIpc) is 3.25. The minimum Gasteiger partial charge on any atom is -0.382 e. The van der Waals surface area contributed by atoms with Crippen LogP contribution in [0.3, 0.4) is 0 Å². The van der Waals surface area contributed by atoms with E-state index in [9.17, 15) is 35.5 Å². The molecule has 0 aliphatic rings. The van der Waals surface area contributed by atoms with E-state index in [4.69, 9.17) is 0 Å². The van der Waals surface area contributed by atoms with Crippen LogP contribution in [0, 0.1) is 11.6 Å². The van der Waals surface area contributed by atoms with Crippen LogP contribution in [0.4, 0.5) is 22.0 Å². The number of nitrogens with zero attached hydrogens (tertiary/aromatic N) is 3. The first kappa shape index (κ1) is 25.8. The lowest BCUT2D eigenvalue weighted by molar-refractivity contribution is -0.137. The summed E-state index contributed by atoms with van der Waals surface area (Å²) in [5.74, 6) is -2.03. The summed E-state index contributed by atoms with van der Waals surface area (Å²) in [6.45, 7) is 0.472. The molecule has 184 valence electrons. The predicted octanol–water partition coefficient (Wildman–Crippen LogP) is 3.92. The van der Waals surface area contributed by atoms with Gasteiger partial charge in [0.15, 0.2) is 0 Å². The maximum Gasteiger partial charge on any atom is 0.416 e. The number of hydrogen-bond donors (Lipinski definition) is 1. The molecule has 0 spiro atoms. The molecule has 0 unspecified atom stereocenters. The van der Waals surface area contributed by atoms with Crippen LogP contribution in [0.5, 0.6) is 0 Å². The molecule has 1 heterocycles. The highest BCUT2D eigenvalue weighted by molar-refractivity contribution is 7.89. The van der Waals surface area contributed by atoms with Crippen LogP contribution < -0.4 is 0 Å². The predicted molar refractivity (Wildman–Crippen MR) is 114 cm³/mol. The summed E-state index contributed by atoms with van der Waals surface area (Å²) in [4.78, 5) is 3.83. The molecule has 2 atom stereocenters. The van der Waals surface area contributed by atoms with Crippen molar-refractivity contribution in [2.75, 3.05) is 7.05 Å². The maximum atomic E-state index is 14.7. The van der Waals surface area contributed by atoms with Crippen molar-refractivity contribution in [3.05, 3.63) is 89.5 Å². The van der Waals surface area contributed by atoms with E-state index in [0.29, 0.717) is 6.07 Å². The van der Waals surface area contributed by atoms with Crippen molar-refractivity contribution in [2.24, 2.45) is 0 Å². The first-order valence-electron chi connectivity index (χ1n) is 10.00. The molecule has 3 aromatic rings. The normalized spacial score (nSPS) is 15.3. The van der Waals surface area contributed by atoms with Gasteiger partial charge in [0.25, 0.3) is 0 Å². The van der Waals surface area contributed by atoms with Crippen LogP contribution in [0.2, 0.25) is 0 Å². The Morgan fingerprint density at radius 2 is 1.76 bits per heavy atom. The number of alkyl halides is 3. The maximum absolute atomic E-state index is 14.7. The Kier molecular flexibility index (Phi) is 7.15. The zero-order valence-electron chi connectivity index (χ0n) is 18.2. The monoisotopic (exact) mass is 503 g/mol. The number of hydrogen-bond acceptors (Lipinski definition) is 4. The van der Waals surface area contributed by atoms with Gasteiger partial charge in [-0.1, -0.05) is 18.2 Å². The Hall–Kier alpha value is -2.83. The van der Waals surface area contributed by atoms with Crippen molar-refractivity contribution in [2.45, 2.75) is 37.0 Å². The molecule has 0 aliphatic carbocycles. The molecular weight excluding hydrogens is 481 g/mol. The summed E-state index contributed by atoms with van der Waals surface area (Å²) in [5.41, 5.74) is -3.37. The topological polar surface area (TPSA) is 75.4 Å². The molecule has 1 aromatic heterocycles. The first-order valence-corrected chi connectivity index (χ1v) is 11.5. The van der Waals surface area contributed by atoms with Crippen molar-refractivity contribution in [3.63, 3.8) is 0 Å². The average molecular weight is 503 g/mol. The van der Waals surface area contributed by atoms with Gasteiger partial charge in [-0.25, -0.2) is 26.5 Å². The second kappa shape index (κ2) is 9.43. The van der Waals surface area contributed by atoms with Crippen LogP contribution in [0.1, 0.15) is 23.6 Å². The molecule has 0 saturated carbocycles. The van der Waals surface area contributed by atoms with Gasteiger partial charge in [-0.05, 0) is 30.7 Å². The summed E-state index contributed by atoms with van der Waals surface area (Å²) in [6, 6.07) is 6.39. The molecule has 0 fully saturated rings. The minimum absolute atomic E-state index is 0.275. The Labute approximate surface area is 193 Å². The van der Waals surface area contributed by atoms with Crippen molar-refractivity contribution < 1.29 is 35.5 Å². The summed E-state index contributed by atoms with van der Waals surface area (Å²) >= 11 is 0. The van der Waals surface area contributed by atoms with Crippen LogP contribution >= 0.6 is 0 Å². The van der Waals surface area contributed by atoms with E-state index in [1.165, 1.54) is 37.3 Å². The minimum atomic E-state index is -4.53. The Bertz CT molecular complexity index is 1230. The number of aliphatic hydroxyl groups is 1. The number of benzene rings is 2. The molecule has 12 heteroatoms. The van der Waals surface area contributed by atoms with Gasteiger partial charge in [0.05, 0.1) is 18.4 Å². The lowest BCUT2D eigenvalue weighted by atomic mass is 9.90. The van der Waals surface area contributed by atoms with Gasteiger partial charge in [0.2, 0.25) is 10.0 Å². The molecular formula is C22H22F5N3O3S. The van der Waals surface area contributed by atoms with Crippen molar-refractivity contribution in [1.29, 1.82) is 0 Å². The number of rotatable bonds is 8. The molecule has 0 bridgehead atoms. The third-order valence-electron chi connectivity index (χ3n) is 5.62. The van der Waals surface area contributed by atoms with Crippen molar-refractivity contribution >= 4 is 10.0 Å². The Morgan fingerprint density at radius 3 is 2.29 bits per heavy atom. The second-order valence-electron chi connectivity index (χ2n) is 7.92. The number of halogens is 5. The number of sulfonamides is 1. The van der Waals surface area contributed by atoms with Gasteiger partial charge < -0.3 is 9.67 Å². The van der Waals surface area contributed by atoms with E-state index in [1.54, 1.807) is 0 Å². The van der Waals surface area contributed by atoms with Crippen LogP contribution in [-0.4, -0.2) is 39.7 Å². The molecule has 0 saturated heterocycles. The van der Waals surface area contributed by atoms with Gasteiger partial charge in [-0.2, -0.15) is 13.2 Å². The van der Waals surface area contributed by atoms with Crippen LogP contribution in [-0.2, 0) is 34.9 Å². The highest BCUT2D eigenvalue weighted by Crippen LogP contribution is 2.35. The lowest BCUT2D eigenvalue weighted by Crippen LogP contribution is -2.50. The number of aromatic nitrogens is 2. The van der Waals surface area contributed by atoms with Gasteiger partial charge in [-0.15, -0.1) is 0 Å². The van der Waals surface area contributed by atoms with E-state index in [-0.39, 0.29) is 12.1 Å². The highest BCUT2D eigenvalue weighted by atomic mass is 32.2. The van der Waals surface area contributed by atoms with Gasteiger partial charge in [0.1, 0.15) is 22.5 Å². The van der Waals surface area contributed by atoms with Crippen molar-refractivity contribution in [1.82, 2.24) is 13.9 Å². The molecule has 0 aliphatic heterocycles. The van der Waals surface area contributed by atoms with E-state index in [2.05, 4.69) is 4.98 Å². The zero-order chi connectivity index (χ0) is 25.3. The molecule has 0 radical (unpaired) electrons. The molecule has 3 rings (SSSR count). The van der Waals surface area contributed by atoms with E-state index in [0.717, 1.165) is 40.7 Å². The Morgan fingerprint density at radius 1 is 1.12 bits per heavy atom. The van der Waals surface area contributed by atoms with E-state index < -0.39 is 56.4 Å². The first-order chi connectivity index (χ1) is 15.7. The quantitative estimate of drug-likeness (QED) is 0.473. The number of imidazole rings is 1.